The molecule has 156 valence electrons. The maximum Gasteiger partial charge on any atom is 0.311 e. The number of anilines is 1. The Hall–Kier alpha value is -2.44. The van der Waals surface area contributed by atoms with Crippen molar-refractivity contribution in [3.8, 4) is 11.1 Å². The Bertz CT molecular complexity index is 799. The van der Waals surface area contributed by atoms with Crippen molar-refractivity contribution in [2.24, 2.45) is 5.92 Å². The Balaban J connectivity index is 1.72. The van der Waals surface area contributed by atoms with Crippen molar-refractivity contribution in [3.63, 3.8) is 0 Å². The number of pyridine rings is 1. The summed E-state index contributed by atoms with van der Waals surface area (Å²) < 4.78 is 0. The molecule has 1 atom stereocenters. The number of aliphatic hydroxyl groups excluding tert-OH is 1. The molecule has 29 heavy (non-hydrogen) atoms. The summed E-state index contributed by atoms with van der Waals surface area (Å²) in [7, 11) is 0. The molecule has 1 aliphatic rings. The van der Waals surface area contributed by atoms with E-state index in [1.807, 2.05) is 19.9 Å². The first-order chi connectivity index (χ1) is 14.0. The van der Waals surface area contributed by atoms with Crippen molar-refractivity contribution in [2.45, 2.75) is 26.2 Å². The molecule has 0 bridgehead atoms. The second-order valence-corrected chi connectivity index (χ2v) is 8.13. The van der Waals surface area contributed by atoms with E-state index in [0.717, 1.165) is 49.4 Å². The molecule has 1 aromatic carbocycles. The number of hydrogen-bond donors (Lipinski definition) is 2. The Morgan fingerprint density at radius 1 is 1.07 bits per heavy atom. The number of aromatic nitrogens is 1. The highest BCUT2D eigenvalue weighted by atomic mass is 16.4. The summed E-state index contributed by atoms with van der Waals surface area (Å²) in [6.45, 7) is 8.84. The van der Waals surface area contributed by atoms with Gasteiger partial charge < -0.3 is 15.1 Å². The third-order valence-electron chi connectivity index (χ3n) is 5.52. The van der Waals surface area contributed by atoms with Crippen LogP contribution >= 0.6 is 0 Å². The molecule has 0 saturated carbocycles. The van der Waals surface area contributed by atoms with Gasteiger partial charge in [0.2, 0.25) is 0 Å². The third-order valence-corrected chi connectivity index (χ3v) is 5.52. The van der Waals surface area contributed by atoms with E-state index in [0.29, 0.717) is 12.3 Å². The minimum Gasteiger partial charge on any atom is -0.481 e. The van der Waals surface area contributed by atoms with Crippen LogP contribution in [0.2, 0.25) is 0 Å². The van der Waals surface area contributed by atoms with Crippen LogP contribution in [0.25, 0.3) is 11.1 Å². The molecule has 0 spiro atoms. The zero-order chi connectivity index (χ0) is 20.8. The van der Waals surface area contributed by atoms with Crippen LogP contribution < -0.4 is 4.90 Å². The highest BCUT2D eigenvalue weighted by Gasteiger charge is 2.22. The van der Waals surface area contributed by atoms with Gasteiger partial charge in [-0.05, 0) is 41.7 Å². The summed E-state index contributed by atoms with van der Waals surface area (Å²) in [6, 6.07) is 10.3. The SMILES string of the molecule is CC(C)CC(C(=O)O)c1cncc(-c2ccc(N3CCN(CCO)CC3)cc2)c1. The number of carbonyl (C=O) groups is 1. The van der Waals surface area contributed by atoms with Crippen LogP contribution in [0, 0.1) is 5.92 Å². The maximum absolute atomic E-state index is 11.7. The Morgan fingerprint density at radius 2 is 1.76 bits per heavy atom. The largest absolute Gasteiger partial charge is 0.481 e. The molecule has 0 aliphatic carbocycles. The fourth-order valence-corrected chi connectivity index (χ4v) is 3.89. The number of aliphatic hydroxyl groups is 1. The molecule has 0 radical (unpaired) electrons. The molecule has 1 aliphatic heterocycles. The molecule has 3 rings (SSSR count). The molecule has 1 aromatic heterocycles. The average molecular weight is 398 g/mol. The molecular formula is C23H31N3O3. The van der Waals surface area contributed by atoms with E-state index in [4.69, 9.17) is 5.11 Å². The van der Waals surface area contributed by atoms with Gasteiger partial charge in [0.25, 0.3) is 0 Å². The lowest BCUT2D eigenvalue weighted by Crippen LogP contribution is -2.47. The minimum absolute atomic E-state index is 0.210. The summed E-state index contributed by atoms with van der Waals surface area (Å²) in [5.41, 5.74) is 3.92. The van der Waals surface area contributed by atoms with Crippen LogP contribution in [0.4, 0.5) is 5.69 Å². The lowest BCUT2D eigenvalue weighted by atomic mass is 9.90. The van der Waals surface area contributed by atoms with E-state index < -0.39 is 11.9 Å². The Kier molecular flexibility index (Phi) is 7.23. The standard InChI is InChI=1S/C23H31N3O3/c1-17(2)13-22(23(28)29)20-14-19(15-24-16-20)18-3-5-21(6-4-18)26-9-7-25(8-10-26)11-12-27/h3-6,14-17,22,27H,7-13H2,1-2H3,(H,28,29). The molecular weight excluding hydrogens is 366 g/mol. The first kappa shape index (κ1) is 21.3. The first-order valence-electron chi connectivity index (χ1n) is 10.3. The predicted octanol–water partition coefficient (Wildman–Crippen LogP) is 3.08. The van der Waals surface area contributed by atoms with E-state index in [1.165, 1.54) is 5.69 Å². The second kappa shape index (κ2) is 9.85. The predicted molar refractivity (Wildman–Crippen MR) is 115 cm³/mol. The summed E-state index contributed by atoms with van der Waals surface area (Å²) in [5, 5.41) is 18.7. The van der Waals surface area contributed by atoms with Crippen molar-refractivity contribution in [3.05, 3.63) is 48.3 Å². The minimum atomic E-state index is -0.798. The van der Waals surface area contributed by atoms with Crippen LogP contribution in [0.15, 0.2) is 42.7 Å². The molecule has 1 saturated heterocycles. The number of β-amino-alcohol motifs (C(OH)–C–C–N with tert-alkyl or cyclic N) is 1. The summed E-state index contributed by atoms with van der Waals surface area (Å²) >= 11 is 0. The second-order valence-electron chi connectivity index (χ2n) is 8.13. The molecule has 6 nitrogen and oxygen atoms in total. The monoisotopic (exact) mass is 397 g/mol. The van der Waals surface area contributed by atoms with Gasteiger partial charge in [-0.25, -0.2) is 0 Å². The van der Waals surface area contributed by atoms with Crippen LogP contribution in [0.1, 0.15) is 31.7 Å². The fraction of sp³-hybridized carbons (Fsp3) is 0.478. The number of rotatable bonds is 8. The van der Waals surface area contributed by atoms with Crippen LogP contribution in [0.3, 0.4) is 0 Å². The number of benzene rings is 1. The molecule has 2 heterocycles. The summed E-state index contributed by atoms with van der Waals surface area (Å²) in [6.07, 6.45) is 4.06. The van der Waals surface area contributed by atoms with E-state index in [9.17, 15) is 9.90 Å². The lowest BCUT2D eigenvalue weighted by molar-refractivity contribution is -0.139. The zero-order valence-electron chi connectivity index (χ0n) is 17.3. The smallest absolute Gasteiger partial charge is 0.311 e. The Morgan fingerprint density at radius 3 is 2.34 bits per heavy atom. The van der Waals surface area contributed by atoms with Crippen LogP contribution in [-0.2, 0) is 4.79 Å². The van der Waals surface area contributed by atoms with E-state index in [1.54, 1.807) is 12.4 Å². The van der Waals surface area contributed by atoms with Crippen molar-refractivity contribution >= 4 is 11.7 Å². The quantitative estimate of drug-likeness (QED) is 0.713. The first-order valence-corrected chi connectivity index (χ1v) is 10.3. The topological polar surface area (TPSA) is 76.9 Å². The maximum atomic E-state index is 11.7. The van der Waals surface area contributed by atoms with Crippen molar-refractivity contribution < 1.29 is 15.0 Å². The zero-order valence-corrected chi connectivity index (χ0v) is 17.3. The number of aliphatic carboxylic acids is 1. The van der Waals surface area contributed by atoms with Crippen molar-refractivity contribution in [2.75, 3.05) is 44.2 Å². The molecule has 1 fully saturated rings. The van der Waals surface area contributed by atoms with Gasteiger partial charge in [0.1, 0.15) is 0 Å². The van der Waals surface area contributed by atoms with Crippen LogP contribution in [0.5, 0.6) is 0 Å². The number of carboxylic acids is 1. The van der Waals surface area contributed by atoms with Gasteiger partial charge in [-0.2, -0.15) is 0 Å². The van der Waals surface area contributed by atoms with Gasteiger partial charge in [-0.3, -0.25) is 14.7 Å². The molecule has 6 heteroatoms. The molecule has 2 aromatic rings. The van der Waals surface area contributed by atoms with Gasteiger partial charge >= 0.3 is 5.97 Å². The van der Waals surface area contributed by atoms with E-state index in [2.05, 4.69) is 39.0 Å². The Labute approximate surface area is 172 Å². The fourth-order valence-electron chi connectivity index (χ4n) is 3.89. The van der Waals surface area contributed by atoms with Gasteiger partial charge in [0.15, 0.2) is 0 Å². The normalized spacial score (nSPS) is 16.2. The number of nitrogens with zero attached hydrogens (tertiary/aromatic N) is 3. The van der Waals surface area contributed by atoms with Gasteiger partial charge in [-0.15, -0.1) is 0 Å². The third kappa shape index (κ3) is 5.55. The summed E-state index contributed by atoms with van der Waals surface area (Å²) in [5.74, 6) is -1.03. The van der Waals surface area contributed by atoms with E-state index >= 15 is 0 Å². The van der Waals surface area contributed by atoms with Crippen molar-refractivity contribution in [1.29, 1.82) is 0 Å². The molecule has 2 N–H and O–H groups in total. The lowest BCUT2D eigenvalue weighted by Gasteiger charge is -2.35. The van der Waals surface area contributed by atoms with Gasteiger partial charge in [0.05, 0.1) is 12.5 Å². The van der Waals surface area contributed by atoms with Crippen molar-refractivity contribution in [1.82, 2.24) is 9.88 Å². The average Bonchev–Trinajstić information content (AvgIpc) is 2.73. The van der Waals surface area contributed by atoms with E-state index in [-0.39, 0.29) is 6.61 Å². The van der Waals surface area contributed by atoms with Crippen LogP contribution in [-0.4, -0.2) is 65.4 Å². The summed E-state index contributed by atoms with van der Waals surface area (Å²) in [4.78, 5) is 20.7. The van der Waals surface area contributed by atoms with Gasteiger partial charge in [0, 0.05) is 56.4 Å². The molecule has 1 unspecified atom stereocenters. The number of hydrogen-bond acceptors (Lipinski definition) is 5. The highest BCUT2D eigenvalue weighted by Crippen LogP contribution is 2.29. The van der Waals surface area contributed by atoms with Gasteiger partial charge in [-0.1, -0.05) is 26.0 Å². The highest BCUT2D eigenvalue weighted by molar-refractivity contribution is 5.77. The number of carboxylic acid groups (broad SMARTS) is 1. The number of piperazine rings is 1. The molecule has 0 amide bonds.